The number of carbonyl (C=O) groups excluding carboxylic acids is 1. The molecule has 0 fully saturated rings. The molecule has 0 N–H and O–H groups in total. The Morgan fingerprint density at radius 3 is 2.65 bits per heavy atom. The first kappa shape index (κ1) is 21.8. The molecule has 0 saturated carbocycles. The van der Waals surface area contributed by atoms with Gasteiger partial charge >= 0.3 is 5.97 Å². The van der Waals surface area contributed by atoms with Gasteiger partial charge in [-0.2, -0.15) is 4.98 Å². The van der Waals surface area contributed by atoms with Crippen LogP contribution in [0.15, 0.2) is 53.1 Å². The van der Waals surface area contributed by atoms with Gasteiger partial charge in [-0.25, -0.2) is 9.18 Å². The number of hydrogen-bond donors (Lipinski definition) is 0. The fraction of sp³-hybridized carbons (Fsp3) is 0.227. The molecule has 0 amide bonds. The summed E-state index contributed by atoms with van der Waals surface area (Å²) in [6.45, 7) is 1.42. The Morgan fingerprint density at radius 2 is 1.90 bits per heavy atom. The Morgan fingerprint density at radius 1 is 1.10 bits per heavy atom. The average Bonchev–Trinajstić information content (AvgIpc) is 3.24. The molecular formula is C22H21FN2O6. The van der Waals surface area contributed by atoms with Crippen LogP contribution in [0.1, 0.15) is 24.2 Å². The van der Waals surface area contributed by atoms with E-state index in [1.807, 2.05) is 25.1 Å². The number of ether oxygens (including phenoxy) is 4. The highest BCUT2D eigenvalue weighted by Gasteiger charge is 2.12. The van der Waals surface area contributed by atoms with Crippen molar-refractivity contribution in [3.63, 3.8) is 0 Å². The van der Waals surface area contributed by atoms with Gasteiger partial charge in [-0.05, 0) is 48.9 Å². The fourth-order valence-corrected chi connectivity index (χ4v) is 2.51. The first-order valence-corrected chi connectivity index (χ1v) is 9.36. The van der Waals surface area contributed by atoms with Crippen LogP contribution in [0, 0.1) is 5.82 Å². The maximum atomic E-state index is 12.9. The molecule has 9 heteroatoms. The standard InChI is InChI=1S/C22H21FN2O6/c1-3-4-15-5-10-18(19(11-15)27-2)29-14-22(26)30-13-21-24-20(25-31-21)12-28-17-8-6-16(23)7-9-17/h3-11H,12-14H2,1-2H3/b4-3+. The van der Waals surface area contributed by atoms with Crippen molar-refractivity contribution in [1.29, 1.82) is 0 Å². The lowest BCUT2D eigenvalue weighted by Gasteiger charge is -2.10. The zero-order valence-electron chi connectivity index (χ0n) is 17.0. The summed E-state index contributed by atoms with van der Waals surface area (Å²) >= 11 is 0. The van der Waals surface area contributed by atoms with Gasteiger partial charge in [0.2, 0.25) is 5.82 Å². The highest BCUT2D eigenvalue weighted by molar-refractivity contribution is 5.71. The summed E-state index contributed by atoms with van der Waals surface area (Å²) in [7, 11) is 1.52. The Balaban J connectivity index is 1.44. The SMILES string of the molecule is C/C=C/c1ccc(OCC(=O)OCc2nc(COc3ccc(F)cc3)no2)c(OC)c1. The number of allylic oxidation sites excluding steroid dienone is 1. The van der Waals surface area contributed by atoms with Gasteiger partial charge in [0.05, 0.1) is 7.11 Å². The van der Waals surface area contributed by atoms with E-state index in [0.29, 0.717) is 17.2 Å². The van der Waals surface area contributed by atoms with Gasteiger partial charge in [0.1, 0.15) is 11.6 Å². The molecule has 1 heterocycles. The number of esters is 1. The van der Waals surface area contributed by atoms with E-state index in [1.54, 1.807) is 12.1 Å². The third-order valence-corrected chi connectivity index (χ3v) is 3.94. The van der Waals surface area contributed by atoms with Crippen LogP contribution in [0.2, 0.25) is 0 Å². The van der Waals surface area contributed by atoms with Gasteiger partial charge in [0, 0.05) is 0 Å². The van der Waals surface area contributed by atoms with Gasteiger partial charge in [-0.15, -0.1) is 0 Å². The second-order valence-electron chi connectivity index (χ2n) is 6.21. The fourth-order valence-electron chi connectivity index (χ4n) is 2.51. The van der Waals surface area contributed by atoms with Crippen molar-refractivity contribution in [3.05, 3.63) is 71.6 Å². The molecule has 0 atom stereocenters. The molecule has 0 saturated heterocycles. The molecule has 0 bridgehead atoms. The van der Waals surface area contributed by atoms with E-state index in [0.717, 1.165) is 5.56 Å². The first-order valence-electron chi connectivity index (χ1n) is 9.36. The molecular weight excluding hydrogens is 407 g/mol. The van der Waals surface area contributed by atoms with Crippen molar-refractivity contribution in [2.24, 2.45) is 0 Å². The third-order valence-electron chi connectivity index (χ3n) is 3.94. The molecule has 0 aliphatic rings. The minimum absolute atomic E-state index is 0.0230. The molecule has 0 unspecified atom stereocenters. The molecule has 0 aliphatic carbocycles. The zero-order valence-corrected chi connectivity index (χ0v) is 17.0. The van der Waals surface area contributed by atoms with E-state index in [-0.39, 0.29) is 37.4 Å². The Labute approximate surface area is 178 Å². The summed E-state index contributed by atoms with van der Waals surface area (Å²) in [4.78, 5) is 16.0. The van der Waals surface area contributed by atoms with Crippen molar-refractivity contribution in [2.75, 3.05) is 13.7 Å². The Kier molecular flexibility index (Phi) is 7.58. The topological polar surface area (TPSA) is 92.9 Å². The molecule has 3 rings (SSSR count). The number of nitrogens with zero attached hydrogens (tertiary/aromatic N) is 2. The van der Waals surface area contributed by atoms with Gasteiger partial charge in [0.15, 0.2) is 31.3 Å². The summed E-state index contributed by atoms with van der Waals surface area (Å²) in [5.74, 6) is 0.797. The minimum atomic E-state index is -0.609. The van der Waals surface area contributed by atoms with Crippen LogP contribution in [0.25, 0.3) is 6.08 Å². The van der Waals surface area contributed by atoms with Crippen LogP contribution < -0.4 is 14.2 Å². The first-order chi connectivity index (χ1) is 15.1. The predicted molar refractivity (Wildman–Crippen MR) is 108 cm³/mol. The molecule has 31 heavy (non-hydrogen) atoms. The molecule has 8 nitrogen and oxygen atoms in total. The number of benzene rings is 2. The van der Waals surface area contributed by atoms with Crippen molar-refractivity contribution in [2.45, 2.75) is 20.1 Å². The van der Waals surface area contributed by atoms with E-state index < -0.39 is 5.97 Å². The van der Waals surface area contributed by atoms with Crippen LogP contribution in [0.4, 0.5) is 4.39 Å². The van der Waals surface area contributed by atoms with Gasteiger partial charge in [-0.1, -0.05) is 23.4 Å². The number of halogens is 1. The summed E-state index contributed by atoms with van der Waals surface area (Å²) in [6, 6.07) is 10.9. The highest BCUT2D eigenvalue weighted by atomic mass is 19.1. The monoisotopic (exact) mass is 428 g/mol. The molecule has 0 spiro atoms. The number of hydrogen-bond acceptors (Lipinski definition) is 8. The van der Waals surface area contributed by atoms with Crippen LogP contribution in [0.5, 0.6) is 17.2 Å². The van der Waals surface area contributed by atoms with Gasteiger partial charge in [-0.3, -0.25) is 0 Å². The molecule has 162 valence electrons. The summed E-state index contributed by atoms with van der Waals surface area (Å²) < 4.78 is 39.2. The number of rotatable bonds is 10. The second-order valence-corrected chi connectivity index (χ2v) is 6.21. The third kappa shape index (κ3) is 6.56. The minimum Gasteiger partial charge on any atom is -0.493 e. The van der Waals surface area contributed by atoms with Crippen LogP contribution >= 0.6 is 0 Å². The van der Waals surface area contributed by atoms with E-state index in [9.17, 15) is 9.18 Å². The number of methoxy groups -OCH3 is 1. The van der Waals surface area contributed by atoms with Gasteiger partial charge in [0.25, 0.3) is 5.89 Å². The van der Waals surface area contributed by atoms with E-state index >= 15 is 0 Å². The average molecular weight is 428 g/mol. The van der Waals surface area contributed by atoms with Crippen molar-refractivity contribution < 1.29 is 32.7 Å². The largest absolute Gasteiger partial charge is 0.493 e. The lowest BCUT2D eigenvalue weighted by molar-refractivity contribution is -0.148. The number of aromatic nitrogens is 2. The normalized spacial score (nSPS) is 10.8. The maximum Gasteiger partial charge on any atom is 0.344 e. The smallest absolute Gasteiger partial charge is 0.344 e. The molecule has 0 aliphatic heterocycles. The Bertz CT molecular complexity index is 1030. The maximum absolute atomic E-state index is 12.9. The highest BCUT2D eigenvalue weighted by Crippen LogP contribution is 2.28. The van der Waals surface area contributed by atoms with Crippen LogP contribution in [0.3, 0.4) is 0 Å². The molecule has 0 radical (unpaired) electrons. The Hall–Kier alpha value is -3.88. The van der Waals surface area contributed by atoms with Crippen molar-refractivity contribution in [3.8, 4) is 17.2 Å². The molecule has 2 aromatic carbocycles. The molecule has 1 aromatic heterocycles. The lowest BCUT2D eigenvalue weighted by Crippen LogP contribution is -2.15. The van der Waals surface area contributed by atoms with E-state index in [4.69, 9.17) is 23.5 Å². The zero-order chi connectivity index (χ0) is 22.1. The lowest BCUT2D eigenvalue weighted by atomic mass is 10.2. The molecule has 3 aromatic rings. The van der Waals surface area contributed by atoms with Crippen molar-refractivity contribution in [1.82, 2.24) is 10.1 Å². The van der Waals surface area contributed by atoms with Crippen molar-refractivity contribution >= 4 is 12.0 Å². The second kappa shape index (κ2) is 10.8. The summed E-state index contributed by atoms with van der Waals surface area (Å²) in [6.07, 6.45) is 3.83. The number of carbonyl (C=O) groups is 1. The van der Waals surface area contributed by atoms with Crippen LogP contribution in [-0.2, 0) is 22.7 Å². The van der Waals surface area contributed by atoms with Gasteiger partial charge < -0.3 is 23.5 Å². The summed E-state index contributed by atoms with van der Waals surface area (Å²) in [5, 5.41) is 3.74. The van der Waals surface area contributed by atoms with Crippen LogP contribution in [-0.4, -0.2) is 29.8 Å². The quantitative estimate of drug-likeness (QED) is 0.448. The van der Waals surface area contributed by atoms with E-state index in [2.05, 4.69) is 10.1 Å². The van der Waals surface area contributed by atoms with E-state index in [1.165, 1.54) is 31.4 Å². The summed E-state index contributed by atoms with van der Waals surface area (Å²) in [5.41, 5.74) is 0.949. The predicted octanol–water partition coefficient (Wildman–Crippen LogP) is 3.95.